The highest BCUT2D eigenvalue weighted by atomic mass is 32.2. The summed E-state index contributed by atoms with van der Waals surface area (Å²) in [5.74, 6) is 0.460. The Hall–Kier alpha value is -1.96. The molecule has 0 saturated carbocycles. The first-order valence-electron chi connectivity index (χ1n) is 8.26. The van der Waals surface area contributed by atoms with Gasteiger partial charge < -0.3 is 9.84 Å². The van der Waals surface area contributed by atoms with E-state index in [2.05, 4.69) is 6.58 Å². The van der Waals surface area contributed by atoms with E-state index in [0.29, 0.717) is 22.9 Å². The maximum absolute atomic E-state index is 12.9. The molecule has 1 aromatic carbocycles. The van der Waals surface area contributed by atoms with Crippen molar-refractivity contribution < 1.29 is 14.6 Å². The Morgan fingerprint density at radius 2 is 2.12 bits per heavy atom. The predicted octanol–water partition coefficient (Wildman–Crippen LogP) is 4.39. The summed E-state index contributed by atoms with van der Waals surface area (Å²) in [5, 5.41) is 16.3. The molecule has 1 saturated heterocycles. The predicted molar refractivity (Wildman–Crippen MR) is 107 cm³/mol. The number of rotatable bonds is 5. The van der Waals surface area contributed by atoms with Crippen LogP contribution in [-0.2, 0) is 4.79 Å². The van der Waals surface area contributed by atoms with Crippen molar-refractivity contribution in [3.8, 4) is 21.9 Å². The third-order valence-electron chi connectivity index (χ3n) is 4.13. The number of aryl methyl sites for hydroxylation is 1. The van der Waals surface area contributed by atoms with Gasteiger partial charge in [-0.3, -0.25) is 4.79 Å². The molecule has 1 aromatic heterocycles. The van der Waals surface area contributed by atoms with Gasteiger partial charge in [0.05, 0.1) is 11.6 Å². The number of benzene rings is 1. The fourth-order valence-electron chi connectivity index (χ4n) is 2.97. The van der Waals surface area contributed by atoms with Gasteiger partial charge in [0.1, 0.15) is 5.25 Å². The molecule has 0 bridgehead atoms. The second-order valence-electron chi connectivity index (χ2n) is 6.17. The first-order chi connectivity index (χ1) is 12.3. The molecule has 1 amide bonds. The Kier molecular flexibility index (Phi) is 5.32. The Bertz CT molecular complexity index is 860. The number of thioether (sulfide) groups is 1. The number of phenolic OH excluding ortho intramolecular Hbond substituents is 1. The van der Waals surface area contributed by atoms with E-state index >= 15 is 0 Å². The Morgan fingerprint density at radius 3 is 2.65 bits per heavy atom. The van der Waals surface area contributed by atoms with Crippen LogP contribution in [0.1, 0.15) is 23.3 Å². The van der Waals surface area contributed by atoms with E-state index in [4.69, 9.17) is 4.74 Å². The largest absolute Gasteiger partial charge is 0.504 e. The number of ether oxygens (including phenoxy) is 1. The van der Waals surface area contributed by atoms with Crippen LogP contribution in [-0.4, -0.2) is 41.7 Å². The number of nitrogens with zero attached hydrogens (tertiary/aromatic N) is 2. The van der Waals surface area contributed by atoms with E-state index in [9.17, 15) is 9.90 Å². The van der Waals surface area contributed by atoms with Gasteiger partial charge in [-0.2, -0.15) is 0 Å². The smallest absolute Gasteiger partial charge is 0.260 e. The van der Waals surface area contributed by atoms with Gasteiger partial charge >= 0.3 is 0 Å². The van der Waals surface area contributed by atoms with Crippen molar-refractivity contribution in [3.05, 3.63) is 46.3 Å². The molecule has 7 heteroatoms. The van der Waals surface area contributed by atoms with Crippen LogP contribution >= 0.6 is 23.1 Å². The minimum absolute atomic E-state index is 0.0491. The molecule has 1 N–H and O–H groups in total. The van der Waals surface area contributed by atoms with Crippen molar-refractivity contribution in [2.75, 3.05) is 20.7 Å². The Balaban J connectivity index is 2.11. The average molecular weight is 391 g/mol. The quantitative estimate of drug-likeness (QED) is 0.820. The fraction of sp³-hybridized carbons (Fsp3) is 0.316. The van der Waals surface area contributed by atoms with Crippen LogP contribution in [0.5, 0.6) is 11.5 Å². The summed E-state index contributed by atoms with van der Waals surface area (Å²) in [5.41, 5.74) is 2.57. The zero-order valence-corrected chi connectivity index (χ0v) is 16.9. The summed E-state index contributed by atoms with van der Waals surface area (Å²) in [6, 6.07) is 5.66. The van der Waals surface area contributed by atoms with Crippen LogP contribution in [0.3, 0.4) is 0 Å². The third kappa shape index (κ3) is 3.22. The van der Waals surface area contributed by atoms with Crippen molar-refractivity contribution >= 4 is 29.0 Å². The van der Waals surface area contributed by atoms with Gasteiger partial charge in [-0.15, -0.1) is 11.3 Å². The summed E-state index contributed by atoms with van der Waals surface area (Å²) in [6.07, 6.45) is 0. The van der Waals surface area contributed by atoms with Crippen molar-refractivity contribution in [2.45, 2.75) is 19.1 Å². The van der Waals surface area contributed by atoms with Gasteiger partial charge in [-0.25, -0.2) is 10.0 Å². The van der Waals surface area contributed by atoms with Crippen molar-refractivity contribution in [3.63, 3.8) is 0 Å². The topological polar surface area (TPSA) is 53.0 Å². The van der Waals surface area contributed by atoms with Crippen LogP contribution in [0.4, 0.5) is 0 Å². The molecule has 1 unspecified atom stereocenters. The highest BCUT2D eigenvalue weighted by Gasteiger charge is 2.39. The summed E-state index contributed by atoms with van der Waals surface area (Å²) >= 11 is 2.97. The number of thiophene rings is 1. The van der Waals surface area contributed by atoms with Gasteiger partial charge in [0.25, 0.3) is 5.91 Å². The number of aromatic hydroxyl groups is 1. The van der Waals surface area contributed by atoms with Crippen LogP contribution in [0.2, 0.25) is 0 Å². The lowest BCUT2D eigenvalue weighted by atomic mass is 10.0. The molecule has 2 aromatic rings. The highest BCUT2D eigenvalue weighted by Crippen LogP contribution is 2.49. The van der Waals surface area contributed by atoms with Gasteiger partial charge in [-0.1, -0.05) is 18.3 Å². The second kappa shape index (κ2) is 7.34. The molecule has 1 aliphatic rings. The van der Waals surface area contributed by atoms with Crippen LogP contribution in [0, 0.1) is 6.92 Å². The SMILES string of the molecule is C=C1SC(c2cc(OCC)c(O)c(-c3sccc3C)c2)C(=O)N1N(C)C. The van der Waals surface area contributed by atoms with Gasteiger partial charge in [-0.05, 0) is 48.6 Å². The normalized spacial score (nSPS) is 17.4. The first-order valence-corrected chi connectivity index (χ1v) is 10.0. The van der Waals surface area contributed by atoms with E-state index < -0.39 is 5.25 Å². The Labute approximate surface area is 161 Å². The average Bonchev–Trinajstić information content (AvgIpc) is 3.12. The summed E-state index contributed by atoms with van der Waals surface area (Å²) in [6.45, 7) is 8.30. The van der Waals surface area contributed by atoms with E-state index in [1.54, 1.807) is 27.4 Å². The zero-order valence-electron chi connectivity index (χ0n) is 15.3. The molecule has 0 aliphatic carbocycles. The number of phenols is 1. The molecule has 2 heterocycles. The number of carbonyl (C=O) groups excluding carboxylic acids is 1. The first kappa shape index (κ1) is 18.8. The lowest BCUT2D eigenvalue weighted by molar-refractivity contribution is -0.137. The molecule has 1 fully saturated rings. The van der Waals surface area contributed by atoms with Crippen molar-refractivity contribution in [1.82, 2.24) is 10.0 Å². The molecule has 0 spiro atoms. The van der Waals surface area contributed by atoms with Gasteiger partial charge in [0, 0.05) is 24.5 Å². The molecule has 3 rings (SSSR count). The third-order valence-corrected chi connectivity index (χ3v) is 6.33. The zero-order chi connectivity index (χ0) is 19.0. The molecule has 1 atom stereocenters. The molecular weight excluding hydrogens is 368 g/mol. The molecule has 138 valence electrons. The number of hydrogen-bond donors (Lipinski definition) is 1. The fourth-order valence-corrected chi connectivity index (χ4v) is 5.01. The van der Waals surface area contributed by atoms with E-state index in [-0.39, 0.29) is 11.7 Å². The standard InChI is InChI=1S/C19H22N2O3S2/c1-6-24-15-10-13(18-19(23)21(20(4)5)12(3)26-18)9-14(16(15)22)17-11(2)7-8-25-17/h7-10,18,22H,3,6H2,1-2,4-5H3. The minimum Gasteiger partial charge on any atom is -0.504 e. The van der Waals surface area contributed by atoms with Crippen molar-refractivity contribution in [2.24, 2.45) is 0 Å². The lowest BCUT2D eigenvalue weighted by Crippen LogP contribution is -2.37. The molecular formula is C19H22N2O3S2. The van der Waals surface area contributed by atoms with E-state index in [1.165, 1.54) is 11.8 Å². The maximum atomic E-state index is 12.9. The van der Waals surface area contributed by atoms with Gasteiger partial charge in [0.15, 0.2) is 11.5 Å². The number of hydrogen-bond acceptors (Lipinski definition) is 6. The monoisotopic (exact) mass is 390 g/mol. The van der Waals surface area contributed by atoms with Crippen LogP contribution in [0.15, 0.2) is 35.2 Å². The second-order valence-corrected chi connectivity index (χ2v) is 8.26. The number of hydrazine groups is 1. The summed E-state index contributed by atoms with van der Waals surface area (Å²) < 4.78 is 5.64. The maximum Gasteiger partial charge on any atom is 0.260 e. The van der Waals surface area contributed by atoms with Crippen LogP contribution in [0.25, 0.3) is 10.4 Å². The highest BCUT2D eigenvalue weighted by molar-refractivity contribution is 8.04. The molecule has 26 heavy (non-hydrogen) atoms. The summed E-state index contributed by atoms with van der Waals surface area (Å²) in [4.78, 5) is 13.9. The molecule has 0 radical (unpaired) electrons. The van der Waals surface area contributed by atoms with Crippen molar-refractivity contribution in [1.29, 1.82) is 0 Å². The van der Waals surface area contributed by atoms with Gasteiger partial charge in [0.2, 0.25) is 0 Å². The number of carbonyl (C=O) groups is 1. The molecule has 1 aliphatic heterocycles. The summed E-state index contributed by atoms with van der Waals surface area (Å²) in [7, 11) is 3.63. The van der Waals surface area contributed by atoms with Crippen LogP contribution < -0.4 is 4.74 Å². The minimum atomic E-state index is -0.413. The molecule has 5 nitrogen and oxygen atoms in total. The Morgan fingerprint density at radius 1 is 1.38 bits per heavy atom. The lowest BCUT2D eigenvalue weighted by Gasteiger charge is -2.23. The van der Waals surface area contributed by atoms with E-state index in [1.807, 2.05) is 45.5 Å². The number of amides is 1. The van der Waals surface area contributed by atoms with E-state index in [0.717, 1.165) is 16.0 Å².